The molecule has 0 atom stereocenters. The third-order valence-electron chi connectivity index (χ3n) is 1.61. The fourth-order valence-electron chi connectivity index (χ4n) is 1.01. The van der Waals surface area contributed by atoms with Gasteiger partial charge in [0.25, 0.3) is 0 Å². The van der Waals surface area contributed by atoms with E-state index in [9.17, 15) is 4.79 Å². The number of Topliss-reactive ketones (excluding diaryl/α,β-unsaturated/α-hetero) is 1. The van der Waals surface area contributed by atoms with Crippen molar-refractivity contribution >= 4 is 44.3 Å². The number of ketones is 1. The first-order valence-electron chi connectivity index (χ1n) is 3.50. The largest absolute Gasteiger partial charge is 0.293 e. The molecule has 0 heterocycles. The summed E-state index contributed by atoms with van der Waals surface area (Å²) in [6, 6.07) is 5.83. The molecule has 1 aromatic rings. The highest BCUT2D eigenvalue weighted by Crippen LogP contribution is 2.13. The second kappa shape index (κ2) is 4.37. The Kier molecular flexibility index (Phi) is 3.71. The molecule has 0 radical (unpaired) electrons. The molecule has 0 aliphatic heterocycles. The van der Waals surface area contributed by atoms with Crippen LogP contribution in [0.4, 0.5) is 0 Å². The second-order valence-electron chi connectivity index (χ2n) is 2.52. The summed E-state index contributed by atoms with van der Waals surface area (Å²) in [6.07, 6.45) is 0. The molecule has 12 heavy (non-hydrogen) atoms. The Labute approximate surface area is 93.8 Å². The standard InChI is InChI=1S/C9H8BrIO/c1-6-4-7(11)2-3-8(6)9(12)5-10/h2-4H,5H2,1H3. The molecule has 0 aliphatic carbocycles. The summed E-state index contributed by atoms with van der Waals surface area (Å²) in [5.41, 5.74) is 1.86. The Morgan fingerprint density at radius 3 is 2.75 bits per heavy atom. The minimum Gasteiger partial charge on any atom is -0.293 e. The van der Waals surface area contributed by atoms with Gasteiger partial charge in [0.15, 0.2) is 5.78 Å². The van der Waals surface area contributed by atoms with Crippen LogP contribution in [-0.4, -0.2) is 11.1 Å². The number of benzene rings is 1. The van der Waals surface area contributed by atoms with Gasteiger partial charge in [0.05, 0.1) is 5.33 Å². The minimum atomic E-state index is 0.143. The van der Waals surface area contributed by atoms with Crippen LogP contribution in [0.5, 0.6) is 0 Å². The van der Waals surface area contributed by atoms with E-state index < -0.39 is 0 Å². The maximum atomic E-state index is 11.3. The van der Waals surface area contributed by atoms with E-state index in [1.54, 1.807) is 0 Å². The van der Waals surface area contributed by atoms with Crippen LogP contribution < -0.4 is 0 Å². The Hall–Kier alpha value is 0.1000. The summed E-state index contributed by atoms with van der Waals surface area (Å²) in [4.78, 5) is 11.3. The predicted octanol–water partition coefficient (Wildman–Crippen LogP) is 3.18. The molecule has 0 spiro atoms. The molecular weight excluding hydrogens is 331 g/mol. The van der Waals surface area contributed by atoms with Gasteiger partial charge in [-0.05, 0) is 47.2 Å². The SMILES string of the molecule is Cc1cc(I)ccc1C(=O)CBr. The van der Waals surface area contributed by atoms with Gasteiger partial charge in [-0.25, -0.2) is 0 Å². The third-order valence-corrected chi connectivity index (χ3v) is 2.79. The van der Waals surface area contributed by atoms with Crippen molar-refractivity contribution in [1.82, 2.24) is 0 Å². The summed E-state index contributed by atoms with van der Waals surface area (Å²) in [5.74, 6) is 0.143. The van der Waals surface area contributed by atoms with E-state index in [4.69, 9.17) is 0 Å². The van der Waals surface area contributed by atoms with Gasteiger partial charge in [-0.15, -0.1) is 0 Å². The minimum absolute atomic E-state index is 0.143. The summed E-state index contributed by atoms with van der Waals surface area (Å²) in [5, 5.41) is 0.397. The highest BCUT2D eigenvalue weighted by Gasteiger charge is 2.06. The summed E-state index contributed by atoms with van der Waals surface area (Å²) < 4.78 is 1.16. The van der Waals surface area contributed by atoms with Gasteiger partial charge >= 0.3 is 0 Å². The lowest BCUT2D eigenvalue weighted by Gasteiger charge is -2.02. The molecule has 0 aromatic heterocycles. The zero-order valence-corrected chi connectivity index (χ0v) is 10.3. The summed E-state index contributed by atoms with van der Waals surface area (Å²) >= 11 is 5.39. The number of alkyl halides is 1. The molecule has 0 saturated carbocycles. The smallest absolute Gasteiger partial charge is 0.173 e. The van der Waals surface area contributed by atoms with Crippen molar-refractivity contribution < 1.29 is 4.79 Å². The first-order chi connectivity index (χ1) is 5.65. The Morgan fingerprint density at radius 1 is 1.58 bits per heavy atom. The van der Waals surface area contributed by atoms with Crippen molar-refractivity contribution in [2.75, 3.05) is 5.33 Å². The van der Waals surface area contributed by atoms with Crippen LogP contribution in [0.25, 0.3) is 0 Å². The first kappa shape index (κ1) is 10.2. The van der Waals surface area contributed by atoms with Gasteiger partial charge in [-0.2, -0.15) is 0 Å². The topological polar surface area (TPSA) is 17.1 Å². The van der Waals surface area contributed by atoms with Crippen LogP contribution >= 0.6 is 38.5 Å². The second-order valence-corrected chi connectivity index (χ2v) is 4.32. The lowest BCUT2D eigenvalue weighted by atomic mass is 10.1. The Bertz CT molecular complexity index is 309. The molecule has 1 rings (SSSR count). The van der Waals surface area contributed by atoms with E-state index in [2.05, 4.69) is 38.5 Å². The lowest BCUT2D eigenvalue weighted by Crippen LogP contribution is -2.02. The summed E-state index contributed by atoms with van der Waals surface area (Å²) in [6.45, 7) is 1.96. The maximum absolute atomic E-state index is 11.3. The lowest BCUT2D eigenvalue weighted by molar-refractivity contribution is 0.102. The number of carbonyl (C=O) groups is 1. The van der Waals surface area contributed by atoms with E-state index in [1.165, 1.54) is 0 Å². The molecule has 1 nitrogen and oxygen atoms in total. The number of rotatable bonds is 2. The average Bonchev–Trinajstić information content (AvgIpc) is 2.03. The van der Waals surface area contributed by atoms with Gasteiger partial charge in [0, 0.05) is 9.13 Å². The predicted molar refractivity (Wildman–Crippen MR) is 62.0 cm³/mol. The van der Waals surface area contributed by atoms with E-state index in [0.717, 1.165) is 14.7 Å². The highest BCUT2D eigenvalue weighted by atomic mass is 127. The van der Waals surface area contributed by atoms with Crippen molar-refractivity contribution in [2.24, 2.45) is 0 Å². The van der Waals surface area contributed by atoms with Crippen molar-refractivity contribution in [3.63, 3.8) is 0 Å². The van der Waals surface area contributed by atoms with Crippen LogP contribution in [0.1, 0.15) is 15.9 Å². The first-order valence-corrected chi connectivity index (χ1v) is 5.70. The van der Waals surface area contributed by atoms with E-state index in [1.807, 2.05) is 25.1 Å². The number of halogens is 2. The summed E-state index contributed by atoms with van der Waals surface area (Å²) in [7, 11) is 0. The average molecular weight is 339 g/mol. The van der Waals surface area contributed by atoms with Crippen LogP contribution in [0.3, 0.4) is 0 Å². The fraction of sp³-hybridized carbons (Fsp3) is 0.222. The molecule has 0 bridgehead atoms. The van der Waals surface area contributed by atoms with Crippen molar-refractivity contribution in [1.29, 1.82) is 0 Å². The number of aryl methyl sites for hydroxylation is 1. The van der Waals surface area contributed by atoms with Crippen molar-refractivity contribution in [2.45, 2.75) is 6.92 Å². The monoisotopic (exact) mass is 338 g/mol. The van der Waals surface area contributed by atoms with E-state index in [0.29, 0.717) is 5.33 Å². The number of hydrogen-bond donors (Lipinski definition) is 0. The van der Waals surface area contributed by atoms with Gasteiger partial charge in [0.1, 0.15) is 0 Å². The quantitative estimate of drug-likeness (QED) is 0.460. The maximum Gasteiger partial charge on any atom is 0.173 e. The molecule has 0 N–H and O–H groups in total. The number of hydrogen-bond acceptors (Lipinski definition) is 1. The highest BCUT2D eigenvalue weighted by molar-refractivity contribution is 14.1. The number of carbonyl (C=O) groups excluding carboxylic acids is 1. The van der Waals surface area contributed by atoms with Crippen LogP contribution in [0.2, 0.25) is 0 Å². The third kappa shape index (κ3) is 2.29. The Morgan fingerprint density at radius 2 is 2.25 bits per heavy atom. The Balaban J connectivity index is 3.09. The molecule has 0 amide bonds. The van der Waals surface area contributed by atoms with E-state index >= 15 is 0 Å². The molecule has 0 unspecified atom stereocenters. The molecule has 3 heteroatoms. The van der Waals surface area contributed by atoms with Crippen molar-refractivity contribution in [3.05, 3.63) is 32.9 Å². The fourth-order valence-corrected chi connectivity index (χ4v) is 1.96. The molecule has 64 valence electrons. The molecule has 0 fully saturated rings. The zero-order valence-electron chi connectivity index (χ0n) is 6.60. The van der Waals surface area contributed by atoms with E-state index in [-0.39, 0.29) is 5.78 Å². The molecule has 0 aliphatic rings. The van der Waals surface area contributed by atoms with Crippen molar-refractivity contribution in [3.8, 4) is 0 Å². The van der Waals surface area contributed by atoms with Gasteiger partial charge in [-0.1, -0.05) is 22.0 Å². The van der Waals surface area contributed by atoms with Gasteiger partial charge < -0.3 is 0 Å². The molecular formula is C9H8BrIO. The van der Waals surface area contributed by atoms with Gasteiger partial charge in [-0.3, -0.25) is 4.79 Å². The molecule has 1 aromatic carbocycles. The van der Waals surface area contributed by atoms with Crippen LogP contribution in [0.15, 0.2) is 18.2 Å². The zero-order chi connectivity index (χ0) is 9.14. The molecule has 0 saturated heterocycles. The van der Waals surface area contributed by atoms with Crippen LogP contribution in [0, 0.1) is 10.5 Å². The normalized spacial score (nSPS) is 9.92. The van der Waals surface area contributed by atoms with Gasteiger partial charge in [0.2, 0.25) is 0 Å². The van der Waals surface area contributed by atoms with Crippen LogP contribution in [-0.2, 0) is 0 Å².